The van der Waals surface area contributed by atoms with E-state index in [2.05, 4.69) is 11.4 Å². The lowest BCUT2D eigenvalue weighted by Crippen LogP contribution is -2.09. The van der Waals surface area contributed by atoms with Gasteiger partial charge in [0.05, 0.1) is 25.2 Å². The number of carbonyl (C=O) groups excluding carboxylic acids is 1. The summed E-state index contributed by atoms with van der Waals surface area (Å²) < 4.78 is 4.77. The van der Waals surface area contributed by atoms with Crippen LogP contribution in [0.1, 0.15) is 21.5 Å². The second-order valence-corrected chi connectivity index (χ2v) is 4.53. The smallest absolute Gasteiger partial charge is 0.338 e. The van der Waals surface area contributed by atoms with Crippen molar-refractivity contribution >= 4 is 11.7 Å². The number of carbonyl (C=O) groups is 1. The summed E-state index contributed by atoms with van der Waals surface area (Å²) in [6, 6.07) is 17.1. The Hall–Kier alpha value is -2.80. The lowest BCUT2D eigenvalue weighted by atomic mass is 10.1. The van der Waals surface area contributed by atoms with Gasteiger partial charge in [0.15, 0.2) is 0 Å². The molecular formula is C17H16N2O2. The minimum Gasteiger partial charge on any atom is -0.465 e. The number of hydrogen-bond donors (Lipinski definition) is 1. The third-order valence-electron chi connectivity index (χ3n) is 3.14. The number of esters is 1. The molecule has 0 bridgehead atoms. The lowest BCUT2D eigenvalue weighted by molar-refractivity contribution is 0.0599. The van der Waals surface area contributed by atoms with Crippen molar-refractivity contribution in [2.24, 2.45) is 0 Å². The summed E-state index contributed by atoms with van der Waals surface area (Å²) in [6.07, 6.45) is 0.408. The van der Waals surface area contributed by atoms with E-state index in [9.17, 15) is 4.79 Å². The van der Waals surface area contributed by atoms with Crippen LogP contribution in [0.2, 0.25) is 0 Å². The molecule has 2 aromatic carbocycles. The van der Waals surface area contributed by atoms with Gasteiger partial charge < -0.3 is 10.1 Å². The van der Waals surface area contributed by atoms with Crippen molar-refractivity contribution in [1.29, 1.82) is 5.26 Å². The van der Waals surface area contributed by atoms with Gasteiger partial charge in [0, 0.05) is 12.2 Å². The molecule has 0 heterocycles. The van der Waals surface area contributed by atoms with Crippen LogP contribution in [0.5, 0.6) is 0 Å². The second kappa shape index (κ2) is 7.11. The van der Waals surface area contributed by atoms with Crippen molar-refractivity contribution < 1.29 is 9.53 Å². The third-order valence-corrected chi connectivity index (χ3v) is 3.14. The molecule has 106 valence electrons. The minimum atomic E-state index is -0.336. The highest BCUT2D eigenvalue weighted by molar-refractivity contribution is 5.91. The molecule has 21 heavy (non-hydrogen) atoms. The SMILES string of the molecule is COC(=O)c1ccccc1CNc1ccc(CC#N)cc1. The van der Waals surface area contributed by atoms with Gasteiger partial charge in [-0.2, -0.15) is 5.26 Å². The maximum atomic E-state index is 11.7. The van der Waals surface area contributed by atoms with Crippen LogP contribution in [-0.4, -0.2) is 13.1 Å². The number of hydrogen-bond acceptors (Lipinski definition) is 4. The first-order valence-corrected chi connectivity index (χ1v) is 6.60. The largest absolute Gasteiger partial charge is 0.465 e. The summed E-state index contributed by atoms with van der Waals surface area (Å²) in [6.45, 7) is 0.531. The molecule has 2 aromatic rings. The fraction of sp³-hybridized carbons (Fsp3) is 0.176. The molecule has 0 aromatic heterocycles. The van der Waals surface area contributed by atoms with Crippen molar-refractivity contribution in [1.82, 2.24) is 0 Å². The molecule has 2 rings (SSSR count). The van der Waals surface area contributed by atoms with Crippen molar-refractivity contribution in [3.63, 3.8) is 0 Å². The van der Waals surface area contributed by atoms with E-state index in [1.807, 2.05) is 42.5 Å². The average Bonchev–Trinajstić information content (AvgIpc) is 2.54. The molecule has 0 aliphatic heterocycles. The molecular weight excluding hydrogens is 264 g/mol. The number of nitrogens with one attached hydrogen (secondary N) is 1. The molecule has 1 N–H and O–H groups in total. The maximum Gasteiger partial charge on any atom is 0.338 e. The summed E-state index contributed by atoms with van der Waals surface area (Å²) in [7, 11) is 1.38. The molecule has 0 spiro atoms. The van der Waals surface area contributed by atoms with E-state index < -0.39 is 0 Å². The number of rotatable bonds is 5. The molecule has 0 amide bonds. The van der Waals surface area contributed by atoms with Crippen LogP contribution in [0, 0.1) is 11.3 Å². The van der Waals surface area contributed by atoms with Gasteiger partial charge in [-0.15, -0.1) is 0 Å². The standard InChI is InChI=1S/C17H16N2O2/c1-21-17(20)16-5-3-2-4-14(16)12-19-15-8-6-13(7-9-15)10-11-18/h2-9,19H,10,12H2,1H3. The minimum absolute atomic E-state index is 0.336. The van der Waals surface area contributed by atoms with E-state index in [0.717, 1.165) is 16.8 Å². The third kappa shape index (κ3) is 3.83. The topological polar surface area (TPSA) is 62.1 Å². The normalized spacial score (nSPS) is 9.71. The Morgan fingerprint density at radius 3 is 2.57 bits per heavy atom. The van der Waals surface area contributed by atoms with Crippen molar-refractivity contribution in [3.8, 4) is 6.07 Å². The Morgan fingerprint density at radius 2 is 1.90 bits per heavy atom. The molecule has 4 heteroatoms. The molecule has 0 fully saturated rings. The van der Waals surface area contributed by atoms with Crippen LogP contribution in [0.15, 0.2) is 48.5 Å². The van der Waals surface area contributed by atoms with Crippen molar-refractivity contribution in [2.75, 3.05) is 12.4 Å². The Labute approximate surface area is 124 Å². The summed E-state index contributed by atoms with van der Waals surface area (Å²) in [4.78, 5) is 11.7. The predicted molar refractivity (Wildman–Crippen MR) is 80.9 cm³/mol. The zero-order valence-electron chi connectivity index (χ0n) is 11.8. The molecule has 0 aliphatic rings. The van der Waals surface area contributed by atoms with Gasteiger partial charge in [-0.3, -0.25) is 0 Å². The highest BCUT2D eigenvalue weighted by Crippen LogP contribution is 2.14. The first-order valence-electron chi connectivity index (χ1n) is 6.60. The van der Waals surface area contributed by atoms with Crippen LogP contribution in [0.4, 0.5) is 5.69 Å². The highest BCUT2D eigenvalue weighted by atomic mass is 16.5. The quantitative estimate of drug-likeness (QED) is 0.855. The Morgan fingerprint density at radius 1 is 1.19 bits per heavy atom. The van der Waals surface area contributed by atoms with E-state index in [1.165, 1.54) is 7.11 Å². The van der Waals surface area contributed by atoms with Gasteiger partial charge in [-0.1, -0.05) is 30.3 Å². The predicted octanol–water partition coefficient (Wildman–Crippen LogP) is 3.15. The van der Waals surface area contributed by atoms with Gasteiger partial charge >= 0.3 is 5.97 Å². The van der Waals surface area contributed by atoms with Crippen LogP contribution >= 0.6 is 0 Å². The van der Waals surface area contributed by atoms with Gasteiger partial charge in [0.25, 0.3) is 0 Å². The van der Waals surface area contributed by atoms with E-state index in [1.54, 1.807) is 6.07 Å². The zero-order chi connectivity index (χ0) is 15.1. The van der Waals surface area contributed by atoms with Crippen LogP contribution < -0.4 is 5.32 Å². The van der Waals surface area contributed by atoms with Gasteiger partial charge in [-0.05, 0) is 29.3 Å². The number of benzene rings is 2. The number of anilines is 1. The molecule has 0 atom stereocenters. The van der Waals surface area contributed by atoms with E-state index >= 15 is 0 Å². The Kier molecular flexibility index (Phi) is 4.94. The highest BCUT2D eigenvalue weighted by Gasteiger charge is 2.10. The molecule has 0 saturated heterocycles. The fourth-order valence-electron chi connectivity index (χ4n) is 2.01. The average molecular weight is 280 g/mol. The second-order valence-electron chi connectivity index (χ2n) is 4.53. The van der Waals surface area contributed by atoms with Crippen LogP contribution in [0.3, 0.4) is 0 Å². The number of methoxy groups -OCH3 is 1. The van der Waals surface area contributed by atoms with Gasteiger partial charge in [0.1, 0.15) is 0 Å². The van der Waals surface area contributed by atoms with Gasteiger partial charge in [0.2, 0.25) is 0 Å². The first kappa shape index (κ1) is 14.6. The lowest BCUT2D eigenvalue weighted by Gasteiger charge is -2.10. The number of nitrogens with zero attached hydrogens (tertiary/aromatic N) is 1. The van der Waals surface area contributed by atoms with E-state index in [-0.39, 0.29) is 5.97 Å². The molecule has 4 nitrogen and oxygen atoms in total. The Balaban J connectivity index is 2.06. The number of ether oxygens (including phenoxy) is 1. The molecule has 0 radical (unpaired) electrons. The van der Waals surface area contributed by atoms with Gasteiger partial charge in [-0.25, -0.2) is 4.79 Å². The van der Waals surface area contributed by atoms with Crippen molar-refractivity contribution in [3.05, 3.63) is 65.2 Å². The summed E-state index contributed by atoms with van der Waals surface area (Å²) in [5.74, 6) is -0.336. The molecule has 0 saturated carbocycles. The van der Waals surface area contributed by atoms with Crippen molar-refractivity contribution in [2.45, 2.75) is 13.0 Å². The molecule has 0 unspecified atom stereocenters. The Bertz CT molecular complexity index is 657. The fourth-order valence-corrected chi connectivity index (χ4v) is 2.01. The molecule has 0 aliphatic carbocycles. The van der Waals surface area contributed by atoms with E-state index in [0.29, 0.717) is 18.5 Å². The summed E-state index contributed by atoms with van der Waals surface area (Å²) >= 11 is 0. The summed E-state index contributed by atoms with van der Waals surface area (Å²) in [5.41, 5.74) is 3.37. The zero-order valence-corrected chi connectivity index (χ0v) is 11.8. The van der Waals surface area contributed by atoms with Crippen LogP contribution in [0.25, 0.3) is 0 Å². The summed E-state index contributed by atoms with van der Waals surface area (Å²) in [5, 5.41) is 11.9. The number of nitriles is 1. The van der Waals surface area contributed by atoms with Crippen LogP contribution in [-0.2, 0) is 17.7 Å². The monoisotopic (exact) mass is 280 g/mol. The maximum absolute atomic E-state index is 11.7. The first-order chi connectivity index (χ1) is 10.2. The van der Waals surface area contributed by atoms with E-state index in [4.69, 9.17) is 10.00 Å².